The van der Waals surface area contributed by atoms with Crippen LogP contribution in [0.3, 0.4) is 0 Å². The number of non-ortho nitro benzene ring substituents is 1. The van der Waals surface area contributed by atoms with Crippen LogP contribution in [0, 0.1) is 10.1 Å². The van der Waals surface area contributed by atoms with Gasteiger partial charge in [0.1, 0.15) is 0 Å². The number of carbonyl (C=O) groups excluding carboxylic acids is 2. The number of nitrogens with two attached hydrogens (primary N) is 1. The predicted octanol–water partition coefficient (Wildman–Crippen LogP) is 2.74. The lowest BCUT2D eigenvalue weighted by molar-refractivity contribution is -0.384. The molecule has 0 aliphatic heterocycles. The summed E-state index contributed by atoms with van der Waals surface area (Å²) in [5.74, 6) is -1.37. The van der Waals surface area contributed by atoms with Crippen molar-refractivity contribution in [2.45, 2.75) is 0 Å². The highest BCUT2D eigenvalue weighted by Crippen LogP contribution is 2.22. The summed E-state index contributed by atoms with van der Waals surface area (Å²) in [4.78, 5) is 33.7. The van der Waals surface area contributed by atoms with Crippen LogP contribution in [-0.2, 0) is 9.53 Å². The molecule has 2 aromatic carbocycles. The second-order valence-electron chi connectivity index (χ2n) is 4.63. The first-order valence-corrected chi connectivity index (χ1v) is 7.43. The molecule has 0 bridgehead atoms. The summed E-state index contributed by atoms with van der Waals surface area (Å²) in [6, 6.07) is 10.3. The number of hydrogen-bond acceptors (Lipinski definition) is 6. The number of nitro benzene ring substituents is 1. The van der Waals surface area contributed by atoms with Crippen molar-refractivity contribution in [3.63, 3.8) is 0 Å². The highest BCUT2D eigenvalue weighted by Gasteiger charge is 2.16. The summed E-state index contributed by atoms with van der Waals surface area (Å²) in [5.41, 5.74) is 5.75. The second-order valence-corrected chi connectivity index (χ2v) is 5.49. The first-order chi connectivity index (χ1) is 11.4. The van der Waals surface area contributed by atoms with Gasteiger partial charge in [0.15, 0.2) is 6.61 Å². The van der Waals surface area contributed by atoms with Crippen molar-refractivity contribution in [1.82, 2.24) is 0 Å². The minimum Gasteiger partial charge on any atom is -0.452 e. The number of halogens is 1. The molecule has 0 spiro atoms. The summed E-state index contributed by atoms with van der Waals surface area (Å²) < 4.78 is 5.55. The molecule has 9 heteroatoms. The van der Waals surface area contributed by atoms with Gasteiger partial charge in [-0.2, -0.15) is 0 Å². The van der Waals surface area contributed by atoms with E-state index in [1.807, 2.05) is 0 Å². The smallest absolute Gasteiger partial charge is 0.340 e. The van der Waals surface area contributed by atoms with Gasteiger partial charge in [0.25, 0.3) is 11.6 Å². The molecule has 0 aliphatic carbocycles. The molecule has 124 valence electrons. The third kappa shape index (κ3) is 4.29. The first-order valence-electron chi connectivity index (χ1n) is 6.64. The maximum atomic E-state index is 11.9. The molecule has 0 aromatic heterocycles. The number of hydrogen-bond donors (Lipinski definition) is 2. The Kier molecular flexibility index (Phi) is 5.48. The van der Waals surface area contributed by atoms with Crippen LogP contribution >= 0.6 is 15.9 Å². The quantitative estimate of drug-likeness (QED) is 0.348. The van der Waals surface area contributed by atoms with E-state index in [1.54, 1.807) is 24.3 Å². The van der Waals surface area contributed by atoms with Crippen molar-refractivity contribution in [1.29, 1.82) is 0 Å². The van der Waals surface area contributed by atoms with Crippen LogP contribution in [0.5, 0.6) is 0 Å². The third-order valence-electron chi connectivity index (χ3n) is 2.95. The highest BCUT2D eigenvalue weighted by atomic mass is 79.9. The Morgan fingerprint density at radius 3 is 2.58 bits per heavy atom. The molecule has 0 saturated carbocycles. The summed E-state index contributed by atoms with van der Waals surface area (Å²) >= 11 is 3.28. The van der Waals surface area contributed by atoms with E-state index in [1.165, 1.54) is 6.07 Å². The van der Waals surface area contributed by atoms with E-state index in [0.29, 0.717) is 10.2 Å². The van der Waals surface area contributed by atoms with Crippen LogP contribution in [0.1, 0.15) is 10.4 Å². The van der Waals surface area contributed by atoms with Gasteiger partial charge in [-0.15, -0.1) is 0 Å². The number of anilines is 2. The Morgan fingerprint density at radius 1 is 1.25 bits per heavy atom. The number of nitro groups is 1. The highest BCUT2D eigenvalue weighted by molar-refractivity contribution is 9.10. The molecular formula is C15H12BrN3O5. The van der Waals surface area contributed by atoms with Gasteiger partial charge in [0.2, 0.25) is 0 Å². The van der Waals surface area contributed by atoms with Gasteiger partial charge in [0, 0.05) is 16.6 Å². The zero-order valence-electron chi connectivity index (χ0n) is 12.2. The molecular weight excluding hydrogens is 382 g/mol. The van der Waals surface area contributed by atoms with Crippen LogP contribution in [0.2, 0.25) is 0 Å². The van der Waals surface area contributed by atoms with E-state index < -0.39 is 23.4 Å². The monoisotopic (exact) mass is 393 g/mol. The molecule has 0 saturated heterocycles. The normalized spacial score (nSPS) is 10.0. The number of nitrogens with one attached hydrogen (secondary N) is 1. The number of esters is 1. The topological polar surface area (TPSA) is 125 Å². The van der Waals surface area contributed by atoms with E-state index in [4.69, 9.17) is 10.5 Å². The van der Waals surface area contributed by atoms with Crippen LogP contribution in [-0.4, -0.2) is 23.4 Å². The Morgan fingerprint density at radius 2 is 1.96 bits per heavy atom. The van der Waals surface area contributed by atoms with E-state index in [9.17, 15) is 19.7 Å². The van der Waals surface area contributed by atoms with Gasteiger partial charge in [0.05, 0.1) is 21.9 Å². The average molecular weight is 394 g/mol. The molecule has 0 aliphatic rings. The fourth-order valence-corrected chi connectivity index (χ4v) is 2.19. The van der Waals surface area contributed by atoms with Crippen LogP contribution in [0.25, 0.3) is 0 Å². The number of rotatable bonds is 5. The summed E-state index contributed by atoms with van der Waals surface area (Å²) in [6.07, 6.45) is 0. The molecule has 2 rings (SSSR count). The van der Waals surface area contributed by atoms with Gasteiger partial charge < -0.3 is 15.8 Å². The van der Waals surface area contributed by atoms with Crippen molar-refractivity contribution in [3.8, 4) is 0 Å². The fraction of sp³-hybridized carbons (Fsp3) is 0.0667. The van der Waals surface area contributed by atoms with Gasteiger partial charge in [-0.3, -0.25) is 14.9 Å². The van der Waals surface area contributed by atoms with Crippen LogP contribution in [0.4, 0.5) is 17.1 Å². The Bertz CT molecular complexity index is 809. The summed E-state index contributed by atoms with van der Waals surface area (Å²) in [7, 11) is 0. The molecule has 0 radical (unpaired) electrons. The second kappa shape index (κ2) is 7.55. The number of amides is 1. The van der Waals surface area contributed by atoms with Crippen LogP contribution < -0.4 is 11.1 Å². The third-order valence-corrected chi connectivity index (χ3v) is 3.64. The summed E-state index contributed by atoms with van der Waals surface area (Å²) in [6.45, 7) is -0.517. The molecule has 0 atom stereocenters. The minimum absolute atomic E-state index is 0.0470. The van der Waals surface area contributed by atoms with Gasteiger partial charge in [-0.25, -0.2) is 4.79 Å². The minimum atomic E-state index is -0.843. The van der Waals surface area contributed by atoms with E-state index in [-0.39, 0.29) is 16.9 Å². The number of benzene rings is 2. The van der Waals surface area contributed by atoms with E-state index in [2.05, 4.69) is 21.2 Å². The Balaban J connectivity index is 1.97. The molecule has 3 N–H and O–H groups in total. The number of nitrogen functional groups attached to an aromatic ring is 1. The van der Waals surface area contributed by atoms with Gasteiger partial charge in [-0.05, 0) is 34.1 Å². The fourth-order valence-electron chi connectivity index (χ4n) is 1.81. The number of ether oxygens (including phenoxy) is 1. The van der Waals surface area contributed by atoms with E-state index >= 15 is 0 Å². The molecule has 0 heterocycles. The Labute approximate surface area is 144 Å². The van der Waals surface area contributed by atoms with Crippen molar-refractivity contribution in [3.05, 3.63) is 62.6 Å². The van der Waals surface area contributed by atoms with Gasteiger partial charge >= 0.3 is 5.97 Å². The first kappa shape index (κ1) is 17.4. The number of para-hydroxylation sites is 1. The van der Waals surface area contributed by atoms with Crippen LogP contribution in [0.15, 0.2) is 46.9 Å². The van der Waals surface area contributed by atoms with Gasteiger partial charge in [-0.1, -0.05) is 12.1 Å². The molecule has 0 fully saturated rings. The molecule has 1 amide bonds. The molecule has 2 aromatic rings. The molecule has 24 heavy (non-hydrogen) atoms. The maximum Gasteiger partial charge on any atom is 0.340 e. The average Bonchev–Trinajstić information content (AvgIpc) is 2.54. The van der Waals surface area contributed by atoms with Crippen molar-refractivity contribution < 1.29 is 19.2 Å². The van der Waals surface area contributed by atoms with E-state index in [0.717, 1.165) is 12.1 Å². The zero-order valence-corrected chi connectivity index (χ0v) is 13.8. The predicted molar refractivity (Wildman–Crippen MR) is 90.6 cm³/mol. The van der Waals surface area contributed by atoms with Crippen molar-refractivity contribution in [2.75, 3.05) is 17.7 Å². The standard InChI is InChI=1S/C15H12BrN3O5/c16-11-3-1-2-4-13(11)18-14(20)8-24-15(21)10-6-5-9(19(22)23)7-12(10)17/h1-7H,8,17H2,(H,18,20). The SMILES string of the molecule is Nc1cc([N+](=O)[O-])ccc1C(=O)OCC(=O)Nc1ccccc1Br. The lowest BCUT2D eigenvalue weighted by atomic mass is 10.1. The molecule has 8 nitrogen and oxygen atoms in total. The maximum absolute atomic E-state index is 11.9. The Hall–Kier alpha value is -2.94. The number of carbonyl (C=O) groups is 2. The largest absolute Gasteiger partial charge is 0.452 e. The zero-order chi connectivity index (χ0) is 17.7. The van der Waals surface area contributed by atoms with Crippen molar-refractivity contribution >= 4 is 44.9 Å². The lowest BCUT2D eigenvalue weighted by Crippen LogP contribution is -2.21. The molecule has 0 unspecified atom stereocenters. The lowest BCUT2D eigenvalue weighted by Gasteiger charge is -2.09. The van der Waals surface area contributed by atoms with Crippen molar-refractivity contribution in [2.24, 2.45) is 0 Å². The number of nitrogens with zero attached hydrogens (tertiary/aromatic N) is 1. The summed E-state index contributed by atoms with van der Waals surface area (Å²) in [5, 5.41) is 13.2.